The molecule has 9 heteroatoms. The van der Waals surface area contributed by atoms with Crippen molar-refractivity contribution in [2.45, 2.75) is 13.8 Å². The maximum absolute atomic E-state index is 5.83. The van der Waals surface area contributed by atoms with Gasteiger partial charge in [-0.3, -0.25) is 4.90 Å². The van der Waals surface area contributed by atoms with E-state index in [1.165, 1.54) is 68.9 Å². The molecule has 6 nitrogen and oxygen atoms in total. The second-order valence-electron chi connectivity index (χ2n) is 29.1. The molecule has 2 aliphatic heterocycles. The van der Waals surface area contributed by atoms with Gasteiger partial charge in [0.15, 0.2) is 27.8 Å². The molecule has 16 aromatic carbocycles. The first kappa shape index (κ1) is 65.9. The van der Waals surface area contributed by atoms with Crippen LogP contribution in [0.4, 0.5) is 34.4 Å². The molecule has 0 bridgehead atoms. The average molecular weight is 1440 g/mol. The standard InChI is InChI=1S/C101H73BN6Si2/c1-70-53-57-92-88(61-70)89-62-71(2)54-58-93(89)106(92)79-66-96-98-97(67-79)108(101-104-99(74-37-17-5-18-38-74)103-100(105-101)75-39-19-6-20-40-75)95-60-56-87(110(83-47-27-10-28-48-83,84-49-29-11-30-50-84)85-51-31-12-32-52-85)69-91(95)102(98)90-68-86(109(80-41-21-7-22-42-80,81-43-23-8-24-44-81)82-45-25-9-26-46-82)55-59-94(90)107(96)78-64-76(72-33-13-3-14-34-72)63-77(65-78)73-35-15-4-16-36-73/h3-69H,1-2H3. The van der Waals surface area contributed by atoms with Crippen LogP contribution in [-0.4, -0.2) is 42.4 Å². The maximum atomic E-state index is 5.83. The molecule has 0 N–H and O–H groups in total. The average Bonchev–Trinajstić information content (AvgIpc) is 0.796. The van der Waals surface area contributed by atoms with E-state index in [0.29, 0.717) is 17.6 Å². The predicted molar refractivity (Wildman–Crippen MR) is 467 cm³/mol. The summed E-state index contributed by atoms with van der Waals surface area (Å²) in [5, 5.41) is 12.7. The van der Waals surface area contributed by atoms with Crippen LogP contribution >= 0.6 is 0 Å². The van der Waals surface area contributed by atoms with Crippen molar-refractivity contribution in [3.63, 3.8) is 0 Å². The van der Waals surface area contributed by atoms with Gasteiger partial charge in [-0.2, -0.15) is 9.97 Å². The van der Waals surface area contributed by atoms with Gasteiger partial charge in [0.1, 0.15) is 0 Å². The van der Waals surface area contributed by atoms with Crippen LogP contribution < -0.4 is 67.7 Å². The number of aryl methyl sites for hydroxylation is 2. The van der Waals surface area contributed by atoms with E-state index in [0.717, 1.165) is 89.5 Å². The van der Waals surface area contributed by atoms with Crippen molar-refractivity contribution < 1.29 is 0 Å². The molecule has 0 atom stereocenters. The van der Waals surface area contributed by atoms with Crippen molar-refractivity contribution in [3.8, 4) is 50.7 Å². The van der Waals surface area contributed by atoms with Crippen LogP contribution in [0.1, 0.15) is 11.1 Å². The van der Waals surface area contributed by atoms with E-state index >= 15 is 0 Å². The zero-order chi connectivity index (χ0) is 73.3. The third kappa shape index (κ3) is 10.9. The Labute approximate surface area is 644 Å². The van der Waals surface area contributed by atoms with Gasteiger partial charge in [-0.05, 0) is 161 Å². The van der Waals surface area contributed by atoms with Gasteiger partial charge in [-0.25, -0.2) is 4.98 Å². The largest absolute Gasteiger partial charge is 0.311 e. The first-order valence-corrected chi connectivity index (χ1v) is 41.9. The fourth-order valence-electron chi connectivity index (χ4n) is 18.0. The summed E-state index contributed by atoms with van der Waals surface area (Å²) >= 11 is 0. The normalized spacial score (nSPS) is 12.4. The smallest absolute Gasteiger partial charge is 0.252 e. The van der Waals surface area contributed by atoms with Gasteiger partial charge >= 0.3 is 0 Å². The third-order valence-electron chi connectivity index (χ3n) is 22.8. The molecular weight excluding hydrogens is 1360 g/mol. The highest BCUT2D eigenvalue weighted by molar-refractivity contribution is 7.21. The van der Waals surface area contributed by atoms with Gasteiger partial charge in [0.25, 0.3) is 6.71 Å². The summed E-state index contributed by atoms with van der Waals surface area (Å²) in [5.41, 5.74) is 20.4. The van der Waals surface area contributed by atoms with Gasteiger partial charge in [0.05, 0.1) is 16.7 Å². The summed E-state index contributed by atoms with van der Waals surface area (Å²) in [4.78, 5) is 22.1. The molecule has 0 unspecified atom stereocenters. The number of aromatic nitrogens is 4. The van der Waals surface area contributed by atoms with Gasteiger partial charge in [0, 0.05) is 50.3 Å². The fourth-order valence-corrected chi connectivity index (χ4v) is 27.5. The Bertz CT molecular complexity index is 5780. The number of benzene rings is 16. The number of nitrogens with zero attached hydrogens (tertiary/aromatic N) is 6. The highest BCUT2D eigenvalue weighted by atomic mass is 28.3. The maximum Gasteiger partial charge on any atom is 0.252 e. The van der Waals surface area contributed by atoms with E-state index < -0.39 is 22.9 Å². The molecule has 2 aliphatic rings. The van der Waals surface area contributed by atoms with Gasteiger partial charge < -0.3 is 9.47 Å². The van der Waals surface area contributed by atoms with Crippen LogP contribution in [0.25, 0.3) is 72.5 Å². The molecule has 518 valence electrons. The van der Waals surface area contributed by atoms with E-state index in [-0.39, 0.29) is 0 Å². The zero-order valence-electron chi connectivity index (χ0n) is 60.9. The summed E-state index contributed by atoms with van der Waals surface area (Å²) in [5.74, 6) is 1.65. The Balaban J connectivity index is 0.989. The van der Waals surface area contributed by atoms with Crippen LogP contribution in [0.5, 0.6) is 0 Å². The molecule has 0 saturated carbocycles. The molecule has 0 spiro atoms. The Morgan fingerprint density at radius 1 is 0.245 bits per heavy atom. The molecule has 20 rings (SSSR count). The molecule has 0 radical (unpaired) electrons. The van der Waals surface area contributed by atoms with Crippen LogP contribution in [0, 0.1) is 13.8 Å². The Morgan fingerprint density at radius 2 is 0.573 bits per heavy atom. The Kier molecular flexibility index (Phi) is 16.4. The highest BCUT2D eigenvalue weighted by Gasteiger charge is 2.50. The quantitative estimate of drug-likeness (QED) is 0.0756. The van der Waals surface area contributed by atoms with Crippen molar-refractivity contribution in [1.29, 1.82) is 0 Å². The molecule has 2 aromatic heterocycles. The number of anilines is 6. The van der Waals surface area contributed by atoms with Crippen molar-refractivity contribution in [3.05, 3.63) is 418 Å². The van der Waals surface area contributed by atoms with Crippen molar-refractivity contribution in [2.75, 3.05) is 9.80 Å². The summed E-state index contributed by atoms with van der Waals surface area (Å²) < 4.78 is 2.51. The highest BCUT2D eigenvalue weighted by Crippen LogP contribution is 2.48. The lowest BCUT2D eigenvalue weighted by Gasteiger charge is -2.45. The third-order valence-corrected chi connectivity index (χ3v) is 32.3. The molecule has 110 heavy (non-hydrogen) atoms. The van der Waals surface area contributed by atoms with E-state index in [9.17, 15) is 0 Å². The first-order chi connectivity index (χ1) is 54.4. The lowest BCUT2D eigenvalue weighted by atomic mass is 9.33. The SMILES string of the molecule is Cc1ccc2c(c1)c1cc(C)ccc1n2-c1cc2c3c(c1)N(c1nc(-c4ccccc4)nc(-c4ccccc4)n1)c1ccc([Si](c4ccccc4)(c4ccccc4)c4ccccc4)cc1B3c1cc([Si](c3ccccc3)(c3ccccc3)c3ccccc3)ccc1N2c1cc(-c2ccccc2)cc(-c2ccccc2)c1. The van der Waals surface area contributed by atoms with E-state index in [2.05, 4.69) is 435 Å². The van der Waals surface area contributed by atoms with Gasteiger partial charge in [0.2, 0.25) is 5.95 Å². The van der Waals surface area contributed by atoms with Crippen molar-refractivity contribution >= 4 is 137 Å². The van der Waals surface area contributed by atoms with Gasteiger partial charge in [-0.15, -0.1) is 0 Å². The summed E-state index contributed by atoms with van der Waals surface area (Å²) in [7, 11) is -6.54. The van der Waals surface area contributed by atoms with Crippen LogP contribution in [0.3, 0.4) is 0 Å². The summed E-state index contributed by atoms with van der Waals surface area (Å²) in [6, 6.07) is 152. The van der Waals surface area contributed by atoms with Crippen molar-refractivity contribution in [2.24, 2.45) is 0 Å². The van der Waals surface area contributed by atoms with Crippen molar-refractivity contribution in [1.82, 2.24) is 19.5 Å². The minimum Gasteiger partial charge on any atom is -0.311 e. The molecule has 4 heterocycles. The number of hydrogen-bond donors (Lipinski definition) is 0. The molecule has 0 aliphatic carbocycles. The molecular formula is C101H73BN6Si2. The molecule has 0 saturated heterocycles. The lowest BCUT2D eigenvalue weighted by molar-refractivity contribution is 1.02. The monoisotopic (exact) mass is 1440 g/mol. The summed E-state index contributed by atoms with van der Waals surface area (Å²) in [6.45, 7) is 4.00. The molecule has 18 aromatic rings. The topological polar surface area (TPSA) is 50.1 Å². The second kappa shape index (κ2) is 27.3. The van der Waals surface area contributed by atoms with Crippen LogP contribution in [-0.2, 0) is 0 Å². The molecule has 0 amide bonds. The van der Waals surface area contributed by atoms with Crippen LogP contribution in [0.15, 0.2) is 406 Å². The first-order valence-electron chi connectivity index (χ1n) is 37.9. The van der Waals surface area contributed by atoms with E-state index in [1.807, 2.05) is 0 Å². The Morgan fingerprint density at radius 3 is 0.936 bits per heavy atom. The van der Waals surface area contributed by atoms with Gasteiger partial charge in [-0.1, -0.05) is 351 Å². The lowest BCUT2D eigenvalue weighted by Crippen LogP contribution is -2.76. The van der Waals surface area contributed by atoms with E-state index in [1.54, 1.807) is 0 Å². The predicted octanol–water partition coefficient (Wildman–Crippen LogP) is 17.1. The number of rotatable bonds is 15. The minimum atomic E-state index is -3.28. The molecule has 0 fully saturated rings. The van der Waals surface area contributed by atoms with E-state index in [4.69, 9.17) is 15.0 Å². The Hall–Kier alpha value is -13.6. The summed E-state index contributed by atoms with van der Waals surface area (Å²) in [6.07, 6.45) is 0. The minimum absolute atomic E-state index is 0.409. The van der Waals surface area contributed by atoms with Crippen LogP contribution in [0.2, 0.25) is 0 Å². The second-order valence-corrected chi connectivity index (χ2v) is 36.8. The fraction of sp³-hybridized carbons (Fsp3) is 0.0198. The number of fused-ring (bicyclic) bond motifs is 7. The number of hydrogen-bond acceptors (Lipinski definition) is 5. The zero-order valence-corrected chi connectivity index (χ0v) is 62.9.